The summed E-state index contributed by atoms with van der Waals surface area (Å²) in [4.78, 5) is 12.1. The van der Waals surface area contributed by atoms with E-state index in [-0.39, 0.29) is 5.41 Å². The third kappa shape index (κ3) is 1.42. The van der Waals surface area contributed by atoms with Gasteiger partial charge in [0.15, 0.2) is 0 Å². The minimum Gasteiger partial charge on any atom is -0.357 e. The van der Waals surface area contributed by atoms with Crippen LogP contribution in [0.25, 0.3) is 0 Å². The van der Waals surface area contributed by atoms with Gasteiger partial charge in [0.25, 0.3) is 0 Å². The van der Waals surface area contributed by atoms with Crippen molar-refractivity contribution in [3.63, 3.8) is 0 Å². The molecule has 0 aromatic heterocycles. The van der Waals surface area contributed by atoms with Crippen molar-refractivity contribution in [2.24, 2.45) is 5.92 Å². The summed E-state index contributed by atoms with van der Waals surface area (Å²) in [7, 11) is 0. The van der Waals surface area contributed by atoms with E-state index in [1.54, 1.807) is 0 Å². The Morgan fingerprint density at radius 3 is 2.96 bits per heavy atom. The van der Waals surface area contributed by atoms with Crippen LogP contribution < -0.4 is 5.32 Å². The number of anilines is 1. The molecule has 1 aromatic rings. The maximum Gasteiger partial charge on any atom is 0.148 e. The molecular weight excluding hydrogens is 296 g/mol. The number of allylic oxidation sites excluding steroid dienone is 2. The Bertz CT molecular complexity index is 808. The molecule has 2 bridgehead atoms. The largest absolute Gasteiger partial charge is 0.357 e. The molecule has 0 saturated carbocycles. The average molecular weight is 321 g/mol. The molecule has 0 amide bonds. The van der Waals surface area contributed by atoms with E-state index in [2.05, 4.69) is 49.5 Å². The number of benzene rings is 1. The average Bonchev–Trinajstić information content (AvgIpc) is 3.15. The predicted molar refractivity (Wildman–Crippen MR) is 95.6 cm³/mol. The van der Waals surface area contributed by atoms with Crippen molar-refractivity contribution in [2.75, 3.05) is 25.0 Å². The van der Waals surface area contributed by atoms with Crippen molar-refractivity contribution >= 4 is 12.0 Å². The lowest BCUT2D eigenvalue weighted by Crippen LogP contribution is -2.63. The van der Waals surface area contributed by atoms with Gasteiger partial charge in [0.05, 0.1) is 18.5 Å². The molecule has 3 heteroatoms. The van der Waals surface area contributed by atoms with Crippen LogP contribution >= 0.6 is 0 Å². The van der Waals surface area contributed by atoms with E-state index in [9.17, 15) is 4.79 Å². The van der Waals surface area contributed by atoms with E-state index < -0.39 is 0 Å². The van der Waals surface area contributed by atoms with Gasteiger partial charge in [-0.25, -0.2) is 0 Å². The highest BCUT2D eigenvalue weighted by Gasteiger charge is 2.67. The maximum atomic E-state index is 12.1. The molecule has 1 aromatic carbocycles. The third-order valence-corrected chi connectivity index (χ3v) is 7.49. The van der Waals surface area contributed by atoms with Crippen LogP contribution in [0.5, 0.6) is 0 Å². The van der Waals surface area contributed by atoms with E-state index >= 15 is 0 Å². The lowest BCUT2D eigenvalue weighted by atomic mass is 9.61. The van der Waals surface area contributed by atoms with E-state index in [0.717, 1.165) is 31.2 Å². The van der Waals surface area contributed by atoms with Crippen LogP contribution in [0, 0.1) is 5.92 Å². The summed E-state index contributed by atoms with van der Waals surface area (Å²) in [5, 5.41) is 3.68. The standard InChI is InChI=1S/C21H24N2O/c1-3-14-12-23(4-2)10-9-21-17-7-5-6-8-18(17)22-20(21)16(13-24)15(14)11-19(21)23/h3,5-8,13,15,19H,4,9-12H2,1-2H3/p+1/b14-3-/t15-,19-,21?,23?/m0/s1. The second-order valence-corrected chi connectivity index (χ2v) is 7.92. The molecule has 2 saturated heterocycles. The molecule has 4 atom stereocenters. The minimum atomic E-state index is 0.0403. The molecule has 1 N–H and O–H groups in total. The first kappa shape index (κ1) is 14.5. The van der Waals surface area contributed by atoms with Crippen LogP contribution in [0.15, 0.2) is 47.2 Å². The van der Waals surface area contributed by atoms with Crippen molar-refractivity contribution < 1.29 is 9.28 Å². The molecule has 2 fully saturated rings. The highest BCUT2D eigenvalue weighted by molar-refractivity contribution is 5.84. The SMILES string of the molecule is C/C=C1/C[N+]2(CC)CCC34C(=C(C=O)[C@H]1C[C@@H]32)Nc1ccccc14. The number of quaternary nitrogens is 1. The Morgan fingerprint density at radius 1 is 1.38 bits per heavy atom. The summed E-state index contributed by atoms with van der Waals surface area (Å²) in [5.74, 6) is 0.318. The van der Waals surface area contributed by atoms with E-state index in [4.69, 9.17) is 0 Å². The number of para-hydroxylation sites is 1. The number of nitrogens with zero attached hydrogens (tertiary/aromatic N) is 1. The fraction of sp³-hybridized carbons (Fsp3) is 0.476. The minimum absolute atomic E-state index is 0.0403. The van der Waals surface area contributed by atoms with Gasteiger partial charge in [0.1, 0.15) is 18.9 Å². The Hall–Kier alpha value is -1.87. The number of hydrogen-bond donors (Lipinski definition) is 1. The molecule has 1 spiro atoms. The van der Waals surface area contributed by atoms with Crippen LogP contribution in [0.3, 0.4) is 0 Å². The number of aldehydes is 1. The molecule has 5 rings (SSSR count). The van der Waals surface area contributed by atoms with Gasteiger partial charge >= 0.3 is 0 Å². The first-order valence-electron chi connectivity index (χ1n) is 9.27. The lowest BCUT2D eigenvalue weighted by Gasteiger charge is -2.53. The number of hydrogen-bond acceptors (Lipinski definition) is 2. The number of carbonyl (C=O) groups is 1. The fourth-order valence-corrected chi connectivity index (χ4v) is 6.37. The topological polar surface area (TPSA) is 29.1 Å². The number of likely N-dealkylation sites (N-methyl/N-ethyl adjacent to an activating group) is 1. The van der Waals surface area contributed by atoms with Gasteiger partial charge in [-0.2, -0.15) is 0 Å². The summed E-state index contributed by atoms with van der Waals surface area (Å²) >= 11 is 0. The van der Waals surface area contributed by atoms with E-state index in [1.165, 1.54) is 40.1 Å². The van der Waals surface area contributed by atoms with E-state index in [0.29, 0.717) is 12.0 Å². The first-order chi connectivity index (χ1) is 11.7. The van der Waals surface area contributed by atoms with Crippen molar-refractivity contribution in [1.82, 2.24) is 0 Å². The molecule has 4 aliphatic rings. The van der Waals surface area contributed by atoms with Gasteiger partial charge in [-0.1, -0.05) is 24.3 Å². The molecule has 24 heavy (non-hydrogen) atoms. The maximum absolute atomic E-state index is 12.1. The number of fused-ring (bicyclic) bond motifs is 2. The Balaban J connectivity index is 1.84. The number of nitrogens with one attached hydrogen (secondary N) is 1. The molecule has 0 radical (unpaired) electrons. The van der Waals surface area contributed by atoms with Crippen LogP contribution in [0.1, 0.15) is 32.3 Å². The molecule has 3 nitrogen and oxygen atoms in total. The summed E-state index contributed by atoms with van der Waals surface area (Å²) in [6, 6.07) is 9.33. The van der Waals surface area contributed by atoms with Crippen LogP contribution in [0.4, 0.5) is 5.69 Å². The number of carbonyl (C=O) groups excluding carboxylic acids is 1. The Morgan fingerprint density at radius 2 is 2.21 bits per heavy atom. The smallest absolute Gasteiger partial charge is 0.148 e. The second kappa shape index (κ2) is 4.60. The monoisotopic (exact) mass is 321 g/mol. The number of piperidine rings is 1. The normalized spacial score (nSPS) is 40.3. The zero-order valence-electron chi connectivity index (χ0n) is 14.5. The predicted octanol–water partition coefficient (Wildman–Crippen LogP) is 3.39. The van der Waals surface area contributed by atoms with Crippen LogP contribution in [0.2, 0.25) is 0 Å². The van der Waals surface area contributed by atoms with Crippen molar-refractivity contribution in [2.45, 2.75) is 38.1 Å². The van der Waals surface area contributed by atoms with Crippen molar-refractivity contribution in [1.29, 1.82) is 0 Å². The zero-order valence-corrected chi connectivity index (χ0v) is 14.5. The molecule has 124 valence electrons. The highest BCUT2D eigenvalue weighted by atomic mass is 16.1. The lowest BCUT2D eigenvalue weighted by molar-refractivity contribution is -0.940. The number of rotatable bonds is 2. The second-order valence-electron chi connectivity index (χ2n) is 7.92. The molecule has 2 unspecified atom stereocenters. The van der Waals surface area contributed by atoms with Gasteiger partial charge < -0.3 is 9.80 Å². The Labute approximate surface area is 143 Å². The van der Waals surface area contributed by atoms with E-state index in [1.807, 2.05) is 0 Å². The molecule has 1 aliphatic carbocycles. The van der Waals surface area contributed by atoms with Crippen molar-refractivity contribution in [3.05, 3.63) is 52.7 Å². The van der Waals surface area contributed by atoms with Crippen LogP contribution in [-0.2, 0) is 10.2 Å². The molecular formula is C21H25N2O+. The van der Waals surface area contributed by atoms with Gasteiger partial charge in [-0.05, 0) is 31.1 Å². The van der Waals surface area contributed by atoms with Gasteiger partial charge in [-0.3, -0.25) is 4.79 Å². The van der Waals surface area contributed by atoms with Crippen molar-refractivity contribution in [3.8, 4) is 0 Å². The highest BCUT2D eigenvalue weighted by Crippen LogP contribution is 2.63. The molecule has 3 aliphatic heterocycles. The van der Waals surface area contributed by atoms with Gasteiger partial charge in [0, 0.05) is 35.7 Å². The van der Waals surface area contributed by atoms with Crippen LogP contribution in [-0.4, -0.2) is 36.4 Å². The summed E-state index contributed by atoms with van der Waals surface area (Å²) in [5.41, 5.74) is 6.41. The molecule has 3 heterocycles. The van der Waals surface area contributed by atoms with Gasteiger partial charge in [-0.15, -0.1) is 0 Å². The summed E-state index contributed by atoms with van der Waals surface area (Å²) < 4.78 is 1.20. The fourth-order valence-electron chi connectivity index (χ4n) is 6.37. The first-order valence-corrected chi connectivity index (χ1v) is 9.27. The quantitative estimate of drug-likeness (QED) is 0.514. The Kier molecular flexibility index (Phi) is 2.78. The zero-order chi connectivity index (χ0) is 16.5. The third-order valence-electron chi connectivity index (χ3n) is 7.49. The summed E-state index contributed by atoms with van der Waals surface area (Å²) in [6.07, 6.45) is 5.70. The van der Waals surface area contributed by atoms with Gasteiger partial charge in [0.2, 0.25) is 0 Å². The summed E-state index contributed by atoms with van der Waals surface area (Å²) in [6.45, 7) is 8.01.